The average Bonchev–Trinajstić information content (AvgIpc) is 3.27. The number of aliphatic imine (C=N–C) groups is 1. The van der Waals surface area contributed by atoms with E-state index in [1.54, 1.807) is 20.2 Å². The number of hydrogen-bond acceptors (Lipinski definition) is 6. The molecule has 2 atom stereocenters. The number of carbonyl (C=O) groups is 1. The van der Waals surface area contributed by atoms with Crippen molar-refractivity contribution in [2.45, 2.75) is 30.7 Å². The molecule has 3 rings (SSSR count). The van der Waals surface area contributed by atoms with Gasteiger partial charge in [0.15, 0.2) is 0 Å². The molecule has 1 aliphatic rings. The molecular weight excluding hydrogens is 474 g/mol. The molecule has 35 heavy (non-hydrogen) atoms. The zero-order chi connectivity index (χ0) is 25.4. The van der Waals surface area contributed by atoms with Gasteiger partial charge < -0.3 is 15.4 Å². The normalized spacial score (nSPS) is 18.6. The van der Waals surface area contributed by atoms with Crippen LogP contribution in [0, 0.1) is 23.1 Å². The molecule has 2 unspecified atom stereocenters. The first-order valence-electron chi connectivity index (χ1n) is 10.9. The maximum atomic E-state index is 14.7. The summed E-state index contributed by atoms with van der Waals surface area (Å²) in [7, 11) is 3.06. The number of amides is 1. The molecule has 0 aliphatic carbocycles. The summed E-state index contributed by atoms with van der Waals surface area (Å²) < 4.78 is 34.0. The number of thioether (sulfide) groups is 1. The smallest absolute Gasteiger partial charge is 0.273 e. The fourth-order valence-electron chi connectivity index (χ4n) is 3.62. The summed E-state index contributed by atoms with van der Waals surface area (Å²) in [4.78, 5) is 16.0. The van der Waals surface area contributed by atoms with Crippen LogP contribution in [0.3, 0.4) is 0 Å². The van der Waals surface area contributed by atoms with Gasteiger partial charge in [-0.15, -0.1) is 4.99 Å². The number of guanidine groups is 1. The van der Waals surface area contributed by atoms with E-state index in [-0.39, 0.29) is 10.6 Å². The fourth-order valence-corrected chi connectivity index (χ4v) is 5.04. The van der Waals surface area contributed by atoms with E-state index in [0.29, 0.717) is 25.3 Å². The van der Waals surface area contributed by atoms with Gasteiger partial charge in [0.25, 0.3) is 5.91 Å². The molecule has 1 aliphatic heterocycles. The number of rotatable bonds is 8. The topological polar surface area (TPSA) is 102 Å². The minimum Gasteiger partial charge on any atom is -0.372 e. The van der Waals surface area contributed by atoms with E-state index in [1.807, 2.05) is 30.3 Å². The van der Waals surface area contributed by atoms with Gasteiger partial charge in [-0.2, -0.15) is 10.4 Å². The second-order valence-corrected chi connectivity index (χ2v) is 8.92. The second kappa shape index (κ2) is 11.8. The van der Waals surface area contributed by atoms with Crippen LogP contribution in [0.15, 0.2) is 58.6 Å². The number of nitrogens with zero attached hydrogens (tertiary/aromatic N) is 4. The molecule has 1 amide bonds. The molecule has 0 aromatic heterocycles. The van der Waals surface area contributed by atoms with Gasteiger partial charge in [0, 0.05) is 26.3 Å². The molecule has 0 bridgehead atoms. The molecule has 2 aromatic rings. The van der Waals surface area contributed by atoms with E-state index in [2.05, 4.69) is 20.7 Å². The van der Waals surface area contributed by atoms with Gasteiger partial charge >= 0.3 is 0 Å². The van der Waals surface area contributed by atoms with Crippen LogP contribution in [-0.2, 0) is 14.4 Å². The molecule has 1 heterocycles. The summed E-state index contributed by atoms with van der Waals surface area (Å²) in [5.74, 6) is -1.34. The van der Waals surface area contributed by atoms with Crippen LogP contribution in [0.25, 0.3) is 0 Å². The molecule has 2 aromatic carbocycles. The third kappa shape index (κ3) is 5.78. The predicted molar refractivity (Wildman–Crippen MR) is 131 cm³/mol. The Morgan fingerprint density at radius 1 is 1.31 bits per heavy atom. The minimum atomic E-state index is -1.03. The monoisotopic (exact) mass is 500 g/mol. The summed E-state index contributed by atoms with van der Waals surface area (Å²) >= 11 is 1.19. The maximum Gasteiger partial charge on any atom is 0.273 e. The highest BCUT2D eigenvalue weighted by atomic mass is 32.2. The van der Waals surface area contributed by atoms with Crippen LogP contribution in [0.5, 0.6) is 0 Å². The molecule has 0 fully saturated rings. The van der Waals surface area contributed by atoms with Crippen molar-refractivity contribution in [3.8, 4) is 6.19 Å². The highest BCUT2D eigenvalue weighted by molar-refractivity contribution is 8.15. The number of benzene rings is 2. The van der Waals surface area contributed by atoms with Crippen molar-refractivity contribution in [1.29, 1.82) is 5.26 Å². The summed E-state index contributed by atoms with van der Waals surface area (Å²) in [6.07, 6.45) is 1.85. The lowest BCUT2D eigenvalue weighted by molar-refractivity contribution is -0.144. The van der Waals surface area contributed by atoms with Gasteiger partial charge in [-0.1, -0.05) is 42.1 Å². The van der Waals surface area contributed by atoms with Crippen molar-refractivity contribution in [1.82, 2.24) is 15.6 Å². The average molecular weight is 501 g/mol. The largest absolute Gasteiger partial charge is 0.372 e. The maximum absolute atomic E-state index is 14.7. The lowest BCUT2D eigenvalue weighted by Gasteiger charge is -2.37. The van der Waals surface area contributed by atoms with Crippen molar-refractivity contribution < 1.29 is 18.3 Å². The summed E-state index contributed by atoms with van der Waals surface area (Å²) in [6.45, 7) is 2.04. The van der Waals surface area contributed by atoms with E-state index in [0.717, 1.165) is 23.8 Å². The molecule has 2 N–H and O–H groups in total. The number of halogens is 2. The van der Waals surface area contributed by atoms with E-state index in [9.17, 15) is 13.6 Å². The van der Waals surface area contributed by atoms with Gasteiger partial charge in [0.05, 0.1) is 0 Å². The fraction of sp³-hybridized carbons (Fsp3) is 0.333. The first kappa shape index (κ1) is 26.1. The molecule has 11 heteroatoms. The van der Waals surface area contributed by atoms with Crippen LogP contribution >= 0.6 is 11.8 Å². The molecule has 0 spiro atoms. The number of hydrogen-bond donors (Lipinski definition) is 2. The molecule has 0 saturated carbocycles. The van der Waals surface area contributed by atoms with Crippen LogP contribution in [-0.4, -0.2) is 48.7 Å². The predicted octanol–water partition coefficient (Wildman–Crippen LogP) is 3.52. The molecule has 184 valence electrons. The minimum absolute atomic E-state index is 0.0209. The number of ether oxygens (including phenoxy) is 1. The number of carbonyl (C=O) groups excluding carboxylic acids is 1. The Morgan fingerprint density at radius 2 is 2.06 bits per heavy atom. The highest BCUT2D eigenvalue weighted by Gasteiger charge is 2.49. The highest BCUT2D eigenvalue weighted by Crippen LogP contribution is 2.50. The van der Waals surface area contributed by atoms with Gasteiger partial charge in [0.2, 0.25) is 12.2 Å². The van der Waals surface area contributed by atoms with Crippen molar-refractivity contribution in [2.75, 3.05) is 20.7 Å². The number of hydrazone groups is 1. The van der Waals surface area contributed by atoms with Gasteiger partial charge in [-0.25, -0.2) is 13.8 Å². The number of nitriles is 1. The molecule has 8 nitrogen and oxygen atoms in total. The van der Waals surface area contributed by atoms with Crippen LogP contribution in [0.1, 0.15) is 30.9 Å². The van der Waals surface area contributed by atoms with Gasteiger partial charge in [-0.05, 0) is 43.5 Å². The Morgan fingerprint density at radius 3 is 2.71 bits per heavy atom. The van der Waals surface area contributed by atoms with Crippen LogP contribution < -0.4 is 10.6 Å². The van der Waals surface area contributed by atoms with Gasteiger partial charge in [0.1, 0.15) is 27.7 Å². The Hall–Kier alpha value is -3.49. The number of nitrogens with one attached hydrogen (secondary N) is 2. The van der Waals surface area contributed by atoms with Crippen molar-refractivity contribution in [3.63, 3.8) is 0 Å². The first-order chi connectivity index (χ1) is 16.9. The number of methoxy groups -OCH3 is 1. The SMILES string of the molecule is CNC(=NC#N)NCCCC1(c2ccccc2)SC(c2cc(F)ccc2F)=NN1C(=O)C(C)OC. The molecule has 0 radical (unpaired) electrons. The zero-order valence-corrected chi connectivity index (χ0v) is 20.4. The van der Waals surface area contributed by atoms with E-state index < -0.39 is 28.5 Å². The van der Waals surface area contributed by atoms with Crippen molar-refractivity contribution in [3.05, 3.63) is 71.3 Å². The third-order valence-electron chi connectivity index (χ3n) is 5.48. The van der Waals surface area contributed by atoms with Crippen LogP contribution in [0.2, 0.25) is 0 Å². The Bertz CT molecular complexity index is 1150. The summed E-state index contributed by atoms with van der Waals surface area (Å²) in [6, 6.07) is 12.4. The standard InChI is InChI=1S/C24H26F2N6O2S/c1-16(34-3)22(33)32-24(17-8-5-4-6-9-17,12-7-13-29-23(28-2)30-15-27)35-21(31-32)19-14-18(25)10-11-20(19)26/h4-6,8-11,14,16H,7,12-13H2,1-3H3,(H2,28,29,30). The Labute approximate surface area is 207 Å². The third-order valence-corrected chi connectivity index (χ3v) is 6.92. The van der Waals surface area contributed by atoms with Crippen molar-refractivity contribution >= 4 is 28.7 Å². The quantitative estimate of drug-likeness (QED) is 0.249. The first-order valence-corrected chi connectivity index (χ1v) is 11.7. The summed E-state index contributed by atoms with van der Waals surface area (Å²) in [5, 5.41) is 20.6. The molecule has 0 saturated heterocycles. The van der Waals surface area contributed by atoms with E-state index in [4.69, 9.17) is 10.00 Å². The van der Waals surface area contributed by atoms with E-state index in [1.165, 1.54) is 23.9 Å². The van der Waals surface area contributed by atoms with E-state index >= 15 is 0 Å². The lowest BCUT2D eigenvalue weighted by atomic mass is 9.99. The Balaban J connectivity index is 2.02. The second-order valence-electron chi connectivity index (χ2n) is 7.65. The lowest BCUT2D eigenvalue weighted by Crippen LogP contribution is -2.46. The summed E-state index contributed by atoms with van der Waals surface area (Å²) in [5.41, 5.74) is 0.754. The molecular formula is C24H26F2N6O2S. The zero-order valence-electron chi connectivity index (χ0n) is 19.6. The van der Waals surface area contributed by atoms with Gasteiger partial charge in [-0.3, -0.25) is 4.79 Å². The Kier molecular flexibility index (Phi) is 8.78. The van der Waals surface area contributed by atoms with Crippen LogP contribution in [0.4, 0.5) is 8.78 Å². The van der Waals surface area contributed by atoms with Crippen molar-refractivity contribution in [2.24, 2.45) is 10.1 Å².